The molecule has 26 heavy (non-hydrogen) atoms. The monoisotopic (exact) mass is 357 g/mol. The number of aliphatic imine (C=N–C) groups is 1. The van der Waals surface area contributed by atoms with Crippen molar-refractivity contribution in [1.29, 1.82) is 0 Å². The second kappa shape index (κ2) is 9.57. The van der Waals surface area contributed by atoms with Crippen LogP contribution in [0.2, 0.25) is 0 Å². The predicted molar refractivity (Wildman–Crippen MR) is 105 cm³/mol. The van der Waals surface area contributed by atoms with Gasteiger partial charge in [0.15, 0.2) is 5.96 Å². The summed E-state index contributed by atoms with van der Waals surface area (Å²) in [5.41, 5.74) is 2.93. The van der Waals surface area contributed by atoms with Crippen molar-refractivity contribution in [3.05, 3.63) is 35.4 Å². The molecular formula is C20H31N5O. The molecule has 142 valence electrons. The van der Waals surface area contributed by atoms with Gasteiger partial charge in [-0.05, 0) is 37.3 Å². The minimum absolute atomic E-state index is 0.194. The standard InChI is InChI=1S/C20H31N5O/c1-2-21-20(23-11-10-22-19(26)17-7-8-17)24-12-14-25-13-9-16-5-3-4-6-18(16)15-25/h3-6,17H,2,7-15H2,1H3,(H,22,26)(H2,21,23,24). The highest BCUT2D eigenvalue weighted by molar-refractivity contribution is 5.81. The fraction of sp³-hybridized carbons (Fsp3) is 0.600. The van der Waals surface area contributed by atoms with Crippen molar-refractivity contribution in [3.8, 4) is 0 Å². The van der Waals surface area contributed by atoms with Gasteiger partial charge in [-0.1, -0.05) is 24.3 Å². The van der Waals surface area contributed by atoms with Gasteiger partial charge in [0.1, 0.15) is 0 Å². The first-order chi connectivity index (χ1) is 12.8. The van der Waals surface area contributed by atoms with Crippen LogP contribution in [0.25, 0.3) is 0 Å². The lowest BCUT2D eigenvalue weighted by Gasteiger charge is -2.28. The Labute approximate surface area is 156 Å². The first-order valence-corrected chi connectivity index (χ1v) is 9.85. The Bertz CT molecular complexity index is 626. The van der Waals surface area contributed by atoms with Gasteiger partial charge in [0.25, 0.3) is 0 Å². The van der Waals surface area contributed by atoms with Crippen LogP contribution < -0.4 is 16.0 Å². The number of carbonyl (C=O) groups excluding carboxylic acids is 1. The summed E-state index contributed by atoms with van der Waals surface area (Å²) in [5.74, 6) is 1.29. The summed E-state index contributed by atoms with van der Waals surface area (Å²) >= 11 is 0. The number of rotatable bonds is 8. The molecule has 0 saturated heterocycles. The lowest BCUT2D eigenvalue weighted by molar-refractivity contribution is -0.122. The van der Waals surface area contributed by atoms with Crippen molar-refractivity contribution in [3.63, 3.8) is 0 Å². The molecule has 1 aliphatic heterocycles. The minimum atomic E-state index is 0.194. The highest BCUT2D eigenvalue weighted by Crippen LogP contribution is 2.28. The Balaban J connectivity index is 1.37. The number of nitrogens with zero attached hydrogens (tertiary/aromatic N) is 2. The van der Waals surface area contributed by atoms with Crippen LogP contribution in [0.15, 0.2) is 29.3 Å². The van der Waals surface area contributed by atoms with E-state index in [1.807, 2.05) is 0 Å². The molecule has 3 rings (SSSR count). The molecule has 0 aromatic heterocycles. The molecule has 1 fully saturated rings. The molecule has 1 amide bonds. The third-order valence-electron chi connectivity index (χ3n) is 4.90. The van der Waals surface area contributed by atoms with Crippen LogP contribution >= 0.6 is 0 Å². The molecule has 3 N–H and O–H groups in total. The first kappa shape index (κ1) is 18.7. The van der Waals surface area contributed by atoms with Crippen LogP contribution in [0, 0.1) is 5.92 Å². The molecule has 1 saturated carbocycles. The van der Waals surface area contributed by atoms with Gasteiger partial charge in [-0.3, -0.25) is 14.7 Å². The third-order valence-corrected chi connectivity index (χ3v) is 4.90. The van der Waals surface area contributed by atoms with Crippen molar-refractivity contribution < 1.29 is 4.79 Å². The fourth-order valence-corrected chi connectivity index (χ4v) is 3.25. The molecule has 1 aromatic carbocycles. The van der Waals surface area contributed by atoms with E-state index < -0.39 is 0 Å². The summed E-state index contributed by atoms with van der Waals surface area (Å²) in [6.45, 7) is 8.08. The molecule has 6 heteroatoms. The van der Waals surface area contributed by atoms with Crippen molar-refractivity contribution in [2.24, 2.45) is 10.9 Å². The maximum Gasteiger partial charge on any atom is 0.223 e. The molecule has 0 atom stereocenters. The van der Waals surface area contributed by atoms with Crippen molar-refractivity contribution in [1.82, 2.24) is 20.9 Å². The number of guanidine groups is 1. The quantitative estimate of drug-likeness (QED) is 0.371. The summed E-state index contributed by atoms with van der Waals surface area (Å²) in [5, 5.41) is 9.53. The summed E-state index contributed by atoms with van der Waals surface area (Å²) in [7, 11) is 0. The van der Waals surface area contributed by atoms with Gasteiger partial charge in [-0.2, -0.15) is 0 Å². The molecule has 0 bridgehead atoms. The van der Waals surface area contributed by atoms with Gasteiger partial charge >= 0.3 is 0 Å². The molecule has 0 radical (unpaired) electrons. The smallest absolute Gasteiger partial charge is 0.223 e. The van der Waals surface area contributed by atoms with Crippen molar-refractivity contribution >= 4 is 11.9 Å². The topological polar surface area (TPSA) is 68.8 Å². The van der Waals surface area contributed by atoms with Crippen molar-refractivity contribution in [2.45, 2.75) is 32.7 Å². The second-order valence-corrected chi connectivity index (χ2v) is 7.05. The summed E-state index contributed by atoms with van der Waals surface area (Å²) < 4.78 is 0. The third kappa shape index (κ3) is 5.73. The van der Waals surface area contributed by atoms with E-state index in [0.717, 1.165) is 57.9 Å². The van der Waals surface area contributed by atoms with E-state index >= 15 is 0 Å². The molecule has 2 aliphatic rings. The van der Waals surface area contributed by atoms with E-state index in [1.54, 1.807) is 0 Å². The van der Waals surface area contributed by atoms with Crippen LogP contribution in [0.4, 0.5) is 0 Å². The summed E-state index contributed by atoms with van der Waals surface area (Å²) in [4.78, 5) is 18.8. The van der Waals surface area contributed by atoms with Crippen LogP contribution in [0.5, 0.6) is 0 Å². The van der Waals surface area contributed by atoms with Gasteiger partial charge in [0.2, 0.25) is 5.91 Å². The number of carbonyl (C=O) groups is 1. The largest absolute Gasteiger partial charge is 0.357 e. The number of fused-ring (bicyclic) bond motifs is 1. The zero-order valence-electron chi connectivity index (χ0n) is 15.8. The Morgan fingerprint density at radius 1 is 1.15 bits per heavy atom. The minimum Gasteiger partial charge on any atom is -0.357 e. The van der Waals surface area contributed by atoms with Gasteiger partial charge in [-0.15, -0.1) is 0 Å². The maximum absolute atomic E-state index is 11.6. The van der Waals surface area contributed by atoms with Gasteiger partial charge in [0.05, 0.1) is 6.54 Å². The number of hydrogen-bond donors (Lipinski definition) is 3. The average molecular weight is 358 g/mol. The second-order valence-electron chi connectivity index (χ2n) is 7.05. The van der Waals surface area contributed by atoms with E-state index in [4.69, 9.17) is 0 Å². The van der Waals surface area contributed by atoms with E-state index in [9.17, 15) is 4.79 Å². The zero-order valence-corrected chi connectivity index (χ0v) is 15.8. The molecule has 0 spiro atoms. The fourth-order valence-electron chi connectivity index (χ4n) is 3.25. The molecule has 1 aromatic rings. The molecule has 1 heterocycles. The van der Waals surface area contributed by atoms with E-state index in [-0.39, 0.29) is 11.8 Å². The van der Waals surface area contributed by atoms with Gasteiger partial charge in [-0.25, -0.2) is 0 Å². The van der Waals surface area contributed by atoms with E-state index in [0.29, 0.717) is 13.1 Å². The number of hydrogen-bond acceptors (Lipinski definition) is 3. The first-order valence-electron chi connectivity index (χ1n) is 9.85. The summed E-state index contributed by atoms with van der Waals surface area (Å²) in [6, 6.07) is 8.71. The van der Waals surface area contributed by atoms with Gasteiger partial charge < -0.3 is 16.0 Å². The van der Waals surface area contributed by atoms with Crippen LogP contribution in [0.1, 0.15) is 30.9 Å². The Morgan fingerprint density at radius 3 is 2.69 bits per heavy atom. The number of benzene rings is 1. The number of amides is 1. The van der Waals surface area contributed by atoms with Crippen LogP contribution in [-0.4, -0.2) is 56.0 Å². The zero-order chi connectivity index (χ0) is 18.2. The Hall–Kier alpha value is -2.08. The normalized spacial score (nSPS) is 17.5. The van der Waals surface area contributed by atoms with E-state index in [2.05, 4.69) is 57.0 Å². The number of nitrogens with one attached hydrogen (secondary N) is 3. The molecule has 6 nitrogen and oxygen atoms in total. The summed E-state index contributed by atoms with van der Waals surface area (Å²) in [6.07, 6.45) is 3.22. The SMILES string of the molecule is CCNC(=NCCN1CCc2ccccc2C1)NCCNC(=O)C1CC1. The predicted octanol–water partition coefficient (Wildman–Crippen LogP) is 1.13. The maximum atomic E-state index is 11.6. The Morgan fingerprint density at radius 2 is 1.92 bits per heavy atom. The van der Waals surface area contributed by atoms with Crippen molar-refractivity contribution in [2.75, 3.05) is 39.3 Å². The molecular weight excluding hydrogens is 326 g/mol. The van der Waals surface area contributed by atoms with E-state index in [1.165, 1.54) is 11.1 Å². The molecule has 0 unspecified atom stereocenters. The lowest BCUT2D eigenvalue weighted by atomic mass is 10.0. The van der Waals surface area contributed by atoms with Gasteiger partial charge in [0, 0.05) is 45.2 Å². The molecule has 1 aliphatic carbocycles. The van der Waals surface area contributed by atoms with Crippen LogP contribution in [-0.2, 0) is 17.8 Å². The van der Waals surface area contributed by atoms with Crippen LogP contribution in [0.3, 0.4) is 0 Å². The highest BCUT2D eigenvalue weighted by atomic mass is 16.2. The Kier molecular flexibility index (Phi) is 6.89. The lowest BCUT2D eigenvalue weighted by Crippen LogP contribution is -2.42. The highest BCUT2D eigenvalue weighted by Gasteiger charge is 2.28. The average Bonchev–Trinajstić information content (AvgIpc) is 3.50.